The molecule has 1 aliphatic rings. The van der Waals surface area contributed by atoms with Crippen molar-refractivity contribution in [2.45, 2.75) is 32.4 Å². The van der Waals surface area contributed by atoms with Gasteiger partial charge in [0.25, 0.3) is 0 Å². The number of likely N-dealkylation sites (tertiary alicyclic amines) is 1. The van der Waals surface area contributed by atoms with E-state index in [0.29, 0.717) is 40.8 Å². The third-order valence-electron chi connectivity index (χ3n) is 6.65. The Kier molecular flexibility index (Phi) is 8.28. The van der Waals surface area contributed by atoms with Gasteiger partial charge in [0.05, 0.1) is 11.3 Å². The summed E-state index contributed by atoms with van der Waals surface area (Å²) in [6.45, 7) is 3.18. The van der Waals surface area contributed by atoms with Crippen LogP contribution in [0.2, 0.25) is 0 Å². The molecule has 0 saturated carbocycles. The number of aryl methyl sites for hydroxylation is 1. The highest BCUT2D eigenvalue weighted by molar-refractivity contribution is 6.16. The first-order valence-electron chi connectivity index (χ1n) is 13.0. The van der Waals surface area contributed by atoms with Gasteiger partial charge in [-0.2, -0.15) is 0 Å². The van der Waals surface area contributed by atoms with Crippen molar-refractivity contribution >= 4 is 23.8 Å². The van der Waals surface area contributed by atoms with E-state index in [-0.39, 0.29) is 29.9 Å². The van der Waals surface area contributed by atoms with E-state index in [1.807, 2.05) is 0 Å². The van der Waals surface area contributed by atoms with Gasteiger partial charge in [-0.05, 0) is 44.0 Å². The van der Waals surface area contributed by atoms with E-state index in [2.05, 4.69) is 25.3 Å². The number of nitrogens with zero attached hydrogens (tertiary/aromatic N) is 5. The van der Waals surface area contributed by atoms with Crippen molar-refractivity contribution in [2.24, 2.45) is 0 Å². The third-order valence-corrected chi connectivity index (χ3v) is 6.65. The van der Waals surface area contributed by atoms with Gasteiger partial charge in [0.2, 0.25) is 6.41 Å². The minimum absolute atomic E-state index is 0.0486. The Morgan fingerprint density at radius 3 is 2.63 bits per heavy atom. The summed E-state index contributed by atoms with van der Waals surface area (Å²) >= 11 is 0. The smallest absolute Gasteiger partial charge is 0.210 e. The maximum atomic E-state index is 14.3. The summed E-state index contributed by atoms with van der Waals surface area (Å²) in [6.07, 6.45) is 7.34. The van der Waals surface area contributed by atoms with E-state index in [1.165, 1.54) is 18.5 Å². The maximum absolute atomic E-state index is 14.3. The van der Waals surface area contributed by atoms with Crippen LogP contribution < -0.4 is 20.5 Å². The lowest BCUT2D eigenvalue weighted by Crippen LogP contribution is -2.34. The van der Waals surface area contributed by atoms with Crippen LogP contribution in [0.3, 0.4) is 0 Å². The number of aromatic nitrogens is 4. The van der Waals surface area contributed by atoms with Gasteiger partial charge in [0, 0.05) is 60.9 Å². The van der Waals surface area contributed by atoms with Gasteiger partial charge in [-0.25, -0.2) is 24.3 Å². The van der Waals surface area contributed by atoms with Gasteiger partial charge < -0.3 is 25.4 Å². The summed E-state index contributed by atoms with van der Waals surface area (Å²) in [7, 11) is 0. The molecule has 210 valence electrons. The van der Waals surface area contributed by atoms with E-state index < -0.39 is 5.82 Å². The van der Waals surface area contributed by atoms with Gasteiger partial charge in [-0.15, -0.1) is 0 Å². The van der Waals surface area contributed by atoms with Crippen molar-refractivity contribution in [3.05, 3.63) is 89.5 Å². The van der Waals surface area contributed by atoms with Crippen LogP contribution in [0.5, 0.6) is 17.2 Å². The number of carbonyl (C=O) groups is 1. The number of benzene rings is 2. The molecule has 4 N–H and O–H groups in total. The van der Waals surface area contributed by atoms with Gasteiger partial charge in [-0.1, -0.05) is 0 Å². The molecule has 41 heavy (non-hydrogen) atoms. The lowest BCUT2D eigenvalue weighted by Gasteiger charge is -2.21. The van der Waals surface area contributed by atoms with Crippen LogP contribution in [0.25, 0.3) is 0 Å². The van der Waals surface area contributed by atoms with Crippen LogP contribution in [-0.4, -0.2) is 56.1 Å². The zero-order valence-electron chi connectivity index (χ0n) is 22.4. The molecule has 0 bridgehead atoms. The summed E-state index contributed by atoms with van der Waals surface area (Å²) in [4.78, 5) is 29.7. The maximum Gasteiger partial charge on any atom is 0.210 e. The predicted molar refractivity (Wildman–Crippen MR) is 151 cm³/mol. The molecule has 0 radical (unpaired) electrons. The highest BCUT2D eigenvalue weighted by Gasteiger charge is 2.24. The van der Waals surface area contributed by atoms with Crippen molar-refractivity contribution in [3.63, 3.8) is 0 Å². The van der Waals surface area contributed by atoms with Crippen LogP contribution in [0.1, 0.15) is 35.4 Å². The Balaban J connectivity index is 1.26. The van der Waals surface area contributed by atoms with Crippen LogP contribution in [0.4, 0.5) is 16.0 Å². The summed E-state index contributed by atoms with van der Waals surface area (Å²) in [5.74, 6) is 1.72. The summed E-state index contributed by atoms with van der Waals surface area (Å²) < 4.78 is 25.8. The van der Waals surface area contributed by atoms with E-state index in [4.69, 9.17) is 20.6 Å². The Morgan fingerprint density at radius 2 is 1.88 bits per heavy atom. The van der Waals surface area contributed by atoms with E-state index in [0.717, 1.165) is 31.4 Å². The second-order valence-electron chi connectivity index (χ2n) is 9.55. The lowest BCUT2D eigenvalue weighted by atomic mass is 10.0. The molecule has 12 heteroatoms. The highest BCUT2D eigenvalue weighted by Crippen LogP contribution is 2.29. The van der Waals surface area contributed by atoms with Crippen LogP contribution in [0.15, 0.2) is 61.2 Å². The molecule has 4 aromatic rings. The monoisotopic (exact) mass is 556 g/mol. The molecule has 1 aliphatic heterocycles. The molecule has 2 aromatic carbocycles. The van der Waals surface area contributed by atoms with Gasteiger partial charge in [0.1, 0.15) is 53.5 Å². The molecule has 1 unspecified atom stereocenters. The fraction of sp³-hybridized carbons (Fsp3) is 0.241. The second-order valence-corrected chi connectivity index (χ2v) is 9.55. The summed E-state index contributed by atoms with van der Waals surface area (Å²) in [6, 6.07) is 10.9. The molecule has 11 nitrogen and oxygen atoms in total. The second kappa shape index (κ2) is 12.4. The molecule has 2 aromatic heterocycles. The molecular formula is C29H29FN8O3. The topological polar surface area (TPSA) is 152 Å². The van der Waals surface area contributed by atoms with Gasteiger partial charge in [0.15, 0.2) is 0 Å². The normalized spacial score (nSPS) is 14.5. The third kappa shape index (κ3) is 6.72. The minimum Gasteiger partial charge on any atom is -0.489 e. The Morgan fingerprint density at radius 1 is 1.12 bits per heavy atom. The molecule has 0 spiro atoms. The number of amides is 1. The largest absolute Gasteiger partial charge is 0.489 e. The number of rotatable bonds is 11. The summed E-state index contributed by atoms with van der Waals surface area (Å²) in [5, 5.41) is 12.0. The molecule has 1 fully saturated rings. The van der Waals surface area contributed by atoms with Crippen molar-refractivity contribution in [1.29, 1.82) is 5.41 Å². The van der Waals surface area contributed by atoms with Crippen LogP contribution >= 0.6 is 0 Å². The molecule has 3 heterocycles. The fourth-order valence-electron chi connectivity index (χ4n) is 4.52. The first kappa shape index (κ1) is 27.4. The van der Waals surface area contributed by atoms with Crippen molar-refractivity contribution < 1.29 is 18.7 Å². The first-order valence-corrected chi connectivity index (χ1v) is 13.0. The van der Waals surface area contributed by atoms with Crippen LogP contribution in [0, 0.1) is 18.2 Å². The minimum atomic E-state index is -0.510. The van der Waals surface area contributed by atoms with Crippen molar-refractivity contribution in [2.75, 3.05) is 24.1 Å². The van der Waals surface area contributed by atoms with E-state index in [9.17, 15) is 9.18 Å². The number of carbonyl (C=O) groups excluding carboxylic acids is 1. The van der Waals surface area contributed by atoms with E-state index >= 15 is 0 Å². The molecule has 5 rings (SSSR count). The van der Waals surface area contributed by atoms with Crippen molar-refractivity contribution in [1.82, 2.24) is 24.8 Å². The zero-order valence-corrected chi connectivity index (χ0v) is 22.4. The first-order chi connectivity index (χ1) is 19.9. The SMILES string of the molecule is Cc1ncc(COc2cc(F)cc(Oc3ccc(C(=N)c4c(N)ncnc4NCC4CCCN4C=O)cc3)c2)cn1. The quantitative estimate of drug-likeness (QED) is 0.183. The molecular weight excluding hydrogens is 527 g/mol. The van der Waals surface area contributed by atoms with Crippen molar-refractivity contribution in [3.8, 4) is 17.2 Å². The summed E-state index contributed by atoms with van der Waals surface area (Å²) in [5.41, 5.74) is 7.94. The number of hydrogen-bond donors (Lipinski definition) is 3. The number of nitrogens with one attached hydrogen (secondary N) is 2. The Bertz CT molecular complexity index is 1530. The van der Waals surface area contributed by atoms with Crippen LogP contribution in [-0.2, 0) is 11.4 Å². The zero-order chi connectivity index (χ0) is 28.8. The number of halogens is 1. The average molecular weight is 557 g/mol. The number of ether oxygens (including phenoxy) is 2. The number of nitrogen functional groups attached to an aromatic ring is 1. The van der Waals surface area contributed by atoms with Gasteiger partial charge in [-0.3, -0.25) is 10.2 Å². The Hall–Kier alpha value is -5.13. The molecule has 1 atom stereocenters. The Labute approximate surface area is 236 Å². The number of nitrogens with two attached hydrogens (primary N) is 1. The number of anilines is 2. The highest BCUT2D eigenvalue weighted by atomic mass is 19.1. The molecule has 0 aliphatic carbocycles. The molecule has 1 amide bonds. The predicted octanol–water partition coefficient (Wildman–Crippen LogP) is 4.12. The molecule has 1 saturated heterocycles. The fourth-order valence-corrected chi connectivity index (χ4v) is 4.52. The standard InChI is InChI=1S/C29H29FN8O3/c1-18-33-12-19(13-34-18)15-40-24-9-21(30)10-25(11-24)41-23-6-4-20(5-7-23)27(31)26-28(32)36-16-37-29(26)35-14-22-3-2-8-38(22)17-39/h4-7,9-13,16-17,22,31H,2-3,8,14-15H2,1H3,(H3,32,35,36,37). The number of hydrogen-bond acceptors (Lipinski definition) is 10. The lowest BCUT2D eigenvalue weighted by molar-refractivity contribution is -0.118. The van der Waals surface area contributed by atoms with E-state index in [1.54, 1.807) is 54.5 Å². The average Bonchev–Trinajstić information content (AvgIpc) is 3.43. The van der Waals surface area contributed by atoms with Gasteiger partial charge >= 0.3 is 0 Å².